The number of nitrogens with one attached hydrogen (secondary N) is 2. The summed E-state index contributed by atoms with van der Waals surface area (Å²) in [7, 11) is 7.70. The van der Waals surface area contributed by atoms with E-state index in [4.69, 9.17) is 4.74 Å². The van der Waals surface area contributed by atoms with E-state index in [0.29, 0.717) is 5.92 Å². The van der Waals surface area contributed by atoms with Gasteiger partial charge in [0.25, 0.3) is 0 Å². The first-order valence-corrected chi connectivity index (χ1v) is 8.80. The van der Waals surface area contributed by atoms with Gasteiger partial charge >= 0.3 is 0 Å². The Morgan fingerprint density at radius 1 is 1.08 bits per heavy atom. The standard InChI is InChI=1S/C19H34N4O/c1-7-15(8-2)13-21-19(20-3)22-14-18(23(4)5)16-9-11-17(24-6)12-10-16/h9-12,15,18H,7-8,13-14H2,1-6H3,(H2,20,21,22). The van der Waals surface area contributed by atoms with Crippen molar-refractivity contribution in [1.29, 1.82) is 0 Å². The molecule has 0 aliphatic carbocycles. The quantitative estimate of drug-likeness (QED) is 0.538. The SMILES string of the molecule is CCC(CC)CNC(=NC)NCC(c1ccc(OC)cc1)N(C)C. The van der Waals surface area contributed by atoms with Crippen molar-refractivity contribution >= 4 is 5.96 Å². The number of hydrogen-bond donors (Lipinski definition) is 2. The Bertz CT molecular complexity index is 481. The van der Waals surface area contributed by atoms with Crippen LogP contribution in [0.2, 0.25) is 0 Å². The summed E-state index contributed by atoms with van der Waals surface area (Å²) in [4.78, 5) is 6.55. The van der Waals surface area contributed by atoms with E-state index < -0.39 is 0 Å². The third-order valence-corrected chi connectivity index (χ3v) is 4.52. The highest BCUT2D eigenvalue weighted by Crippen LogP contribution is 2.20. The van der Waals surface area contributed by atoms with Crippen molar-refractivity contribution in [2.24, 2.45) is 10.9 Å². The predicted molar refractivity (Wildman–Crippen MR) is 103 cm³/mol. The third kappa shape index (κ3) is 6.40. The van der Waals surface area contributed by atoms with E-state index in [2.05, 4.69) is 60.6 Å². The van der Waals surface area contributed by atoms with Gasteiger partial charge in [0.15, 0.2) is 5.96 Å². The van der Waals surface area contributed by atoms with Gasteiger partial charge in [-0.15, -0.1) is 0 Å². The van der Waals surface area contributed by atoms with Crippen LogP contribution in [-0.4, -0.2) is 52.2 Å². The average molecular weight is 335 g/mol. The lowest BCUT2D eigenvalue weighted by molar-refractivity contribution is 0.297. The fourth-order valence-electron chi connectivity index (χ4n) is 2.66. The highest BCUT2D eigenvalue weighted by Gasteiger charge is 2.15. The van der Waals surface area contributed by atoms with Crippen molar-refractivity contribution in [3.8, 4) is 5.75 Å². The molecule has 1 unspecified atom stereocenters. The van der Waals surface area contributed by atoms with Gasteiger partial charge in [0.05, 0.1) is 13.2 Å². The number of methoxy groups -OCH3 is 1. The normalized spacial score (nSPS) is 13.2. The number of guanidine groups is 1. The maximum absolute atomic E-state index is 5.24. The lowest BCUT2D eigenvalue weighted by Crippen LogP contribution is -2.43. The molecule has 24 heavy (non-hydrogen) atoms. The molecule has 0 bridgehead atoms. The van der Waals surface area contributed by atoms with Gasteiger partial charge < -0.3 is 20.3 Å². The van der Waals surface area contributed by atoms with E-state index in [1.54, 1.807) is 7.11 Å². The monoisotopic (exact) mass is 334 g/mol. The first-order valence-electron chi connectivity index (χ1n) is 8.80. The minimum absolute atomic E-state index is 0.266. The number of rotatable bonds is 9. The van der Waals surface area contributed by atoms with Gasteiger partial charge in [0, 0.05) is 20.1 Å². The smallest absolute Gasteiger partial charge is 0.191 e. The predicted octanol–water partition coefficient (Wildman–Crippen LogP) is 2.90. The highest BCUT2D eigenvalue weighted by molar-refractivity contribution is 5.79. The second-order valence-electron chi connectivity index (χ2n) is 6.27. The Morgan fingerprint density at radius 3 is 2.12 bits per heavy atom. The van der Waals surface area contributed by atoms with Gasteiger partial charge in [-0.1, -0.05) is 38.8 Å². The highest BCUT2D eigenvalue weighted by atomic mass is 16.5. The second-order valence-corrected chi connectivity index (χ2v) is 6.27. The first-order chi connectivity index (χ1) is 11.5. The molecule has 0 spiro atoms. The van der Waals surface area contributed by atoms with Gasteiger partial charge in [0.1, 0.15) is 5.75 Å². The number of hydrogen-bond acceptors (Lipinski definition) is 3. The zero-order valence-electron chi connectivity index (χ0n) is 16.1. The van der Waals surface area contributed by atoms with Gasteiger partial charge in [-0.25, -0.2) is 0 Å². The van der Waals surface area contributed by atoms with Crippen molar-refractivity contribution in [2.45, 2.75) is 32.7 Å². The van der Waals surface area contributed by atoms with Gasteiger partial charge in [0.2, 0.25) is 0 Å². The summed E-state index contributed by atoms with van der Waals surface area (Å²) >= 11 is 0. The van der Waals surface area contributed by atoms with E-state index in [1.165, 1.54) is 18.4 Å². The van der Waals surface area contributed by atoms with E-state index in [9.17, 15) is 0 Å². The molecular formula is C19H34N4O. The Labute approximate surface area is 147 Å². The van der Waals surface area contributed by atoms with Crippen LogP contribution in [0, 0.1) is 5.92 Å². The number of nitrogens with zero attached hydrogens (tertiary/aromatic N) is 2. The molecule has 5 nitrogen and oxygen atoms in total. The van der Waals surface area contributed by atoms with Gasteiger partial charge in [-0.05, 0) is 37.7 Å². The summed E-state index contributed by atoms with van der Waals surface area (Å²) < 4.78 is 5.24. The number of likely N-dealkylation sites (N-methyl/N-ethyl adjacent to an activating group) is 1. The van der Waals surface area contributed by atoms with Gasteiger partial charge in [-0.2, -0.15) is 0 Å². The Morgan fingerprint density at radius 2 is 1.67 bits per heavy atom. The Hall–Kier alpha value is -1.75. The first kappa shape index (κ1) is 20.3. The molecule has 1 atom stereocenters. The molecule has 0 heterocycles. The molecular weight excluding hydrogens is 300 g/mol. The van der Waals surface area contributed by atoms with Crippen LogP contribution in [0.5, 0.6) is 5.75 Å². The summed E-state index contributed by atoms with van der Waals surface area (Å²) in [6.45, 7) is 6.22. The fourth-order valence-corrected chi connectivity index (χ4v) is 2.66. The van der Waals surface area contributed by atoms with Gasteiger partial charge in [-0.3, -0.25) is 4.99 Å². The van der Waals surface area contributed by atoms with Crippen molar-refractivity contribution in [2.75, 3.05) is 41.3 Å². The van der Waals surface area contributed by atoms with Crippen LogP contribution >= 0.6 is 0 Å². The van der Waals surface area contributed by atoms with Crippen molar-refractivity contribution in [3.63, 3.8) is 0 Å². The molecule has 1 aromatic rings. The molecule has 0 radical (unpaired) electrons. The van der Waals surface area contributed by atoms with Crippen molar-refractivity contribution < 1.29 is 4.74 Å². The van der Waals surface area contributed by atoms with Crippen LogP contribution < -0.4 is 15.4 Å². The molecule has 0 saturated carbocycles. The maximum atomic E-state index is 5.24. The topological polar surface area (TPSA) is 48.9 Å². The van der Waals surface area contributed by atoms with Crippen molar-refractivity contribution in [1.82, 2.24) is 15.5 Å². The fraction of sp³-hybridized carbons (Fsp3) is 0.632. The lowest BCUT2D eigenvalue weighted by atomic mass is 10.0. The zero-order valence-corrected chi connectivity index (χ0v) is 16.1. The minimum Gasteiger partial charge on any atom is -0.497 e. The van der Waals surface area contributed by atoms with Crippen LogP contribution in [-0.2, 0) is 0 Å². The Kier molecular flexibility index (Phi) is 9.23. The molecule has 0 amide bonds. The molecule has 0 aliphatic rings. The summed E-state index contributed by atoms with van der Waals surface area (Å²) in [5.74, 6) is 2.43. The second kappa shape index (κ2) is 10.9. The molecule has 0 aromatic heterocycles. The third-order valence-electron chi connectivity index (χ3n) is 4.52. The lowest BCUT2D eigenvalue weighted by Gasteiger charge is -2.26. The van der Waals surface area contributed by atoms with Crippen LogP contribution in [0.3, 0.4) is 0 Å². The summed E-state index contributed by atoms with van der Waals surface area (Å²) in [5.41, 5.74) is 1.25. The van der Waals surface area contributed by atoms with Crippen LogP contribution in [0.15, 0.2) is 29.3 Å². The largest absolute Gasteiger partial charge is 0.497 e. The maximum Gasteiger partial charge on any atom is 0.191 e. The number of ether oxygens (including phenoxy) is 1. The summed E-state index contributed by atoms with van der Waals surface area (Å²) in [6, 6.07) is 8.51. The molecule has 1 aromatic carbocycles. The minimum atomic E-state index is 0.266. The number of aliphatic imine (C=N–C) groups is 1. The molecule has 136 valence electrons. The van der Waals surface area contributed by atoms with Crippen molar-refractivity contribution in [3.05, 3.63) is 29.8 Å². The molecule has 2 N–H and O–H groups in total. The van der Waals surface area contributed by atoms with Crippen LogP contribution in [0.1, 0.15) is 38.3 Å². The molecule has 0 fully saturated rings. The van der Waals surface area contributed by atoms with E-state index >= 15 is 0 Å². The zero-order chi connectivity index (χ0) is 17.9. The average Bonchev–Trinajstić information content (AvgIpc) is 2.61. The Balaban J connectivity index is 2.64. The van der Waals surface area contributed by atoms with Crippen LogP contribution in [0.25, 0.3) is 0 Å². The number of benzene rings is 1. The van der Waals surface area contributed by atoms with E-state index in [-0.39, 0.29) is 6.04 Å². The molecule has 1 rings (SSSR count). The van der Waals surface area contributed by atoms with E-state index in [0.717, 1.165) is 24.8 Å². The van der Waals surface area contributed by atoms with E-state index in [1.807, 2.05) is 19.2 Å². The van der Waals surface area contributed by atoms with Crippen LogP contribution in [0.4, 0.5) is 0 Å². The summed E-state index contributed by atoms with van der Waals surface area (Å²) in [6.07, 6.45) is 2.37. The summed E-state index contributed by atoms with van der Waals surface area (Å²) in [5, 5.41) is 6.88. The molecule has 0 aliphatic heterocycles. The molecule has 5 heteroatoms. The molecule has 0 saturated heterocycles.